The molecule has 0 aliphatic carbocycles. The molecule has 2 aromatic heterocycles. The summed E-state index contributed by atoms with van der Waals surface area (Å²) in [6, 6.07) is 23.5. The van der Waals surface area contributed by atoms with Crippen molar-refractivity contribution in [3.8, 4) is 11.4 Å². The molecule has 176 valence electrons. The summed E-state index contributed by atoms with van der Waals surface area (Å²) in [5.74, 6) is 0.403. The predicted octanol–water partition coefficient (Wildman–Crippen LogP) is 5.02. The summed E-state index contributed by atoms with van der Waals surface area (Å²) in [5, 5.41) is 6.91. The first kappa shape index (κ1) is 22.6. The van der Waals surface area contributed by atoms with Crippen LogP contribution in [-0.2, 0) is 4.79 Å². The van der Waals surface area contributed by atoms with Gasteiger partial charge < -0.3 is 24.8 Å². The molecule has 35 heavy (non-hydrogen) atoms. The van der Waals surface area contributed by atoms with E-state index in [2.05, 4.69) is 55.7 Å². The van der Waals surface area contributed by atoms with Crippen LogP contribution in [0.1, 0.15) is 30.3 Å². The second-order valence-electron chi connectivity index (χ2n) is 8.25. The second-order valence-corrected chi connectivity index (χ2v) is 8.64. The Morgan fingerprint density at radius 1 is 1.06 bits per heavy atom. The van der Waals surface area contributed by atoms with Crippen LogP contribution in [0.25, 0.3) is 5.69 Å². The van der Waals surface area contributed by atoms with E-state index in [0.29, 0.717) is 16.5 Å². The number of rotatable bonds is 6. The van der Waals surface area contributed by atoms with Crippen LogP contribution in [0.15, 0.2) is 91.4 Å². The Kier molecular flexibility index (Phi) is 6.20. The number of carbonyl (C=O) groups excluding carboxylic acids is 1. The molecule has 0 unspecified atom stereocenters. The molecule has 3 heterocycles. The average Bonchev–Trinajstić information content (AvgIpc) is 3.49. The number of para-hydroxylation sites is 1. The molecule has 2 atom stereocenters. The summed E-state index contributed by atoms with van der Waals surface area (Å²) in [6.07, 6.45) is 5.96. The first-order valence-electron chi connectivity index (χ1n) is 11.2. The van der Waals surface area contributed by atoms with Crippen molar-refractivity contribution in [3.63, 3.8) is 0 Å². The summed E-state index contributed by atoms with van der Waals surface area (Å²) < 4.78 is 7.55. The molecule has 0 bridgehead atoms. The fraction of sp³-hybridized carbons (Fsp3) is 0.148. The zero-order chi connectivity index (χ0) is 24.4. The SMILES string of the molecule is COc1ccc(N2C(=S)N[C@@H](c3ccccn3)[C@@H]2c2ccn(-c3ccccc3)c2)cc1NC(C)=O. The van der Waals surface area contributed by atoms with Crippen LogP contribution < -0.4 is 20.3 Å². The van der Waals surface area contributed by atoms with E-state index >= 15 is 0 Å². The highest BCUT2D eigenvalue weighted by atomic mass is 32.1. The second kappa shape index (κ2) is 9.60. The van der Waals surface area contributed by atoms with Gasteiger partial charge in [-0.1, -0.05) is 24.3 Å². The van der Waals surface area contributed by atoms with Gasteiger partial charge in [0, 0.05) is 36.9 Å². The molecule has 4 aromatic rings. The number of pyridine rings is 1. The van der Waals surface area contributed by atoms with Crippen molar-refractivity contribution >= 4 is 34.6 Å². The van der Waals surface area contributed by atoms with E-state index in [-0.39, 0.29) is 18.0 Å². The van der Waals surface area contributed by atoms with Crippen LogP contribution in [0.2, 0.25) is 0 Å². The molecule has 1 saturated heterocycles. The van der Waals surface area contributed by atoms with Crippen molar-refractivity contribution in [1.29, 1.82) is 0 Å². The van der Waals surface area contributed by atoms with Crippen LogP contribution in [0.5, 0.6) is 5.75 Å². The first-order valence-corrected chi connectivity index (χ1v) is 11.7. The van der Waals surface area contributed by atoms with Gasteiger partial charge in [0.15, 0.2) is 5.11 Å². The van der Waals surface area contributed by atoms with Gasteiger partial charge in [0.2, 0.25) is 5.91 Å². The lowest BCUT2D eigenvalue weighted by atomic mass is 9.98. The third-order valence-electron chi connectivity index (χ3n) is 5.98. The van der Waals surface area contributed by atoms with E-state index in [9.17, 15) is 4.79 Å². The van der Waals surface area contributed by atoms with Gasteiger partial charge in [0.1, 0.15) is 5.75 Å². The minimum atomic E-state index is -0.176. The highest BCUT2D eigenvalue weighted by Crippen LogP contribution is 2.43. The number of aromatic nitrogens is 2. The smallest absolute Gasteiger partial charge is 0.221 e. The fourth-order valence-electron chi connectivity index (χ4n) is 4.45. The number of nitrogens with zero attached hydrogens (tertiary/aromatic N) is 3. The van der Waals surface area contributed by atoms with Gasteiger partial charge in [-0.2, -0.15) is 0 Å². The summed E-state index contributed by atoms with van der Waals surface area (Å²) in [4.78, 5) is 18.5. The van der Waals surface area contributed by atoms with E-state index in [0.717, 1.165) is 22.6 Å². The van der Waals surface area contributed by atoms with E-state index in [4.69, 9.17) is 17.0 Å². The van der Waals surface area contributed by atoms with E-state index in [1.165, 1.54) is 6.92 Å². The number of thiocarbonyl (C=S) groups is 1. The van der Waals surface area contributed by atoms with Crippen molar-refractivity contribution in [2.75, 3.05) is 17.3 Å². The molecule has 2 aromatic carbocycles. The van der Waals surface area contributed by atoms with Crippen LogP contribution in [0, 0.1) is 0 Å². The molecular formula is C27H25N5O2S. The molecule has 1 fully saturated rings. The fourth-order valence-corrected chi connectivity index (χ4v) is 4.80. The van der Waals surface area contributed by atoms with Crippen LogP contribution in [-0.4, -0.2) is 27.7 Å². The zero-order valence-electron chi connectivity index (χ0n) is 19.4. The van der Waals surface area contributed by atoms with Crippen LogP contribution in [0.4, 0.5) is 11.4 Å². The summed E-state index contributed by atoms with van der Waals surface area (Å²) in [5.41, 5.74) is 4.47. The van der Waals surface area contributed by atoms with Crippen molar-refractivity contribution in [1.82, 2.24) is 14.9 Å². The van der Waals surface area contributed by atoms with Crippen LogP contribution >= 0.6 is 12.2 Å². The van der Waals surface area contributed by atoms with Gasteiger partial charge in [-0.15, -0.1) is 0 Å². The third-order valence-corrected chi connectivity index (χ3v) is 6.30. The normalized spacial score (nSPS) is 17.2. The molecule has 0 spiro atoms. The number of ether oxygens (including phenoxy) is 1. The quantitative estimate of drug-likeness (QED) is 0.376. The standard InChI is InChI=1S/C27H25N5O2S/c1-18(33)29-23-16-21(11-12-24(23)34-2)32-26(25(30-27(32)35)22-10-6-7-14-28-22)19-13-15-31(17-19)20-8-4-3-5-9-20/h3-17,25-26H,1-2H3,(H,29,33)(H,30,35)/t25-,26-/m0/s1. The van der Waals surface area contributed by atoms with E-state index < -0.39 is 0 Å². The topological polar surface area (TPSA) is 71.4 Å². The Bertz CT molecular complexity index is 1360. The molecule has 1 aliphatic rings. The monoisotopic (exact) mass is 483 g/mol. The number of nitrogens with one attached hydrogen (secondary N) is 2. The maximum absolute atomic E-state index is 11.8. The molecule has 0 saturated carbocycles. The maximum Gasteiger partial charge on any atom is 0.221 e. The van der Waals surface area contributed by atoms with Crippen LogP contribution in [0.3, 0.4) is 0 Å². The molecule has 0 radical (unpaired) electrons. The average molecular weight is 484 g/mol. The zero-order valence-corrected chi connectivity index (χ0v) is 20.2. The van der Waals surface area contributed by atoms with Gasteiger partial charge in [-0.25, -0.2) is 0 Å². The van der Waals surface area contributed by atoms with Crippen molar-refractivity contribution < 1.29 is 9.53 Å². The summed E-state index contributed by atoms with van der Waals surface area (Å²) in [7, 11) is 1.58. The van der Waals surface area contributed by atoms with Gasteiger partial charge in [0.05, 0.1) is 30.6 Å². The number of anilines is 2. The Balaban J connectivity index is 1.60. The van der Waals surface area contributed by atoms with E-state index in [1.54, 1.807) is 13.3 Å². The van der Waals surface area contributed by atoms with Gasteiger partial charge in [-0.05, 0) is 66.3 Å². The maximum atomic E-state index is 11.8. The van der Waals surface area contributed by atoms with Gasteiger partial charge in [0.25, 0.3) is 0 Å². The minimum absolute atomic E-state index is 0.165. The van der Waals surface area contributed by atoms with E-state index in [1.807, 2.05) is 54.6 Å². The molecule has 8 heteroatoms. The molecule has 1 amide bonds. The largest absolute Gasteiger partial charge is 0.495 e. The molecular weight excluding hydrogens is 458 g/mol. The predicted molar refractivity (Wildman–Crippen MR) is 141 cm³/mol. The van der Waals surface area contributed by atoms with Crippen molar-refractivity contribution in [2.24, 2.45) is 0 Å². The highest BCUT2D eigenvalue weighted by Gasteiger charge is 2.41. The number of carbonyl (C=O) groups is 1. The highest BCUT2D eigenvalue weighted by molar-refractivity contribution is 7.80. The molecule has 7 nitrogen and oxygen atoms in total. The molecule has 5 rings (SSSR count). The number of hydrogen-bond acceptors (Lipinski definition) is 4. The number of methoxy groups -OCH3 is 1. The Labute approximate surface area is 209 Å². The van der Waals surface area contributed by atoms with Gasteiger partial charge >= 0.3 is 0 Å². The lowest BCUT2D eigenvalue weighted by Gasteiger charge is -2.28. The summed E-state index contributed by atoms with van der Waals surface area (Å²) >= 11 is 5.83. The van der Waals surface area contributed by atoms with Crippen molar-refractivity contribution in [2.45, 2.75) is 19.0 Å². The minimum Gasteiger partial charge on any atom is -0.495 e. The Morgan fingerprint density at radius 3 is 2.57 bits per heavy atom. The van der Waals surface area contributed by atoms with Gasteiger partial charge in [-0.3, -0.25) is 9.78 Å². The lowest BCUT2D eigenvalue weighted by Crippen LogP contribution is -2.29. The lowest BCUT2D eigenvalue weighted by molar-refractivity contribution is -0.114. The summed E-state index contributed by atoms with van der Waals surface area (Å²) in [6.45, 7) is 1.47. The third kappa shape index (κ3) is 4.48. The molecule has 2 N–H and O–H groups in total. The Hall–Kier alpha value is -4.17. The first-order chi connectivity index (χ1) is 17.0. The number of amides is 1. The molecule has 1 aliphatic heterocycles. The van der Waals surface area contributed by atoms with Crippen molar-refractivity contribution in [3.05, 3.63) is 103 Å². The number of benzene rings is 2. The Morgan fingerprint density at radius 2 is 1.86 bits per heavy atom. The number of hydrogen-bond donors (Lipinski definition) is 2.